The maximum absolute atomic E-state index is 10.7. The van der Waals surface area contributed by atoms with Gasteiger partial charge in [-0.2, -0.15) is 0 Å². The van der Waals surface area contributed by atoms with Crippen molar-refractivity contribution in [3.63, 3.8) is 0 Å². The molecule has 0 bridgehead atoms. The first-order valence-electron chi connectivity index (χ1n) is 3.73. The highest BCUT2D eigenvalue weighted by molar-refractivity contribution is 5.88. The Bertz CT molecular complexity index is 188. The van der Waals surface area contributed by atoms with Crippen molar-refractivity contribution >= 4 is 5.91 Å². The van der Waals surface area contributed by atoms with E-state index >= 15 is 0 Å². The second-order valence-corrected chi connectivity index (χ2v) is 3.55. The van der Waals surface area contributed by atoms with Crippen molar-refractivity contribution < 1.29 is 4.79 Å². The Balaban J connectivity index is 2.02. The van der Waals surface area contributed by atoms with Crippen LogP contribution >= 0.6 is 0 Å². The zero-order valence-electron chi connectivity index (χ0n) is 5.84. The molecule has 56 valence electrons. The van der Waals surface area contributed by atoms with Crippen LogP contribution in [0.15, 0.2) is 0 Å². The van der Waals surface area contributed by atoms with Gasteiger partial charge in [0.1, 0.15) is 0 Å². The fourth-order valence-corrected chi connectivity index (χ4v) is 1.67. The van der Waals surface area contributed by atoms with Crippen molar-refractivity contribution in [2.45, 2.75) is 24.8 Å². The highest BCUT2D eigenvalue weighted by Gasteiger charge is 2.61. The monoisotopic (exact) mass is 140 g/mol. The summed E-state index contributed by atoms with van der Waals surface area (Å²) in [5, 5.41) is 0. The van der Waals surface area contributed by atoms with E-state index in [1.807, 2.05) is 0 Å². The van der Waals surface area contributed by atoms with Gasteiger partial charge in [-0.1, -0.05) is 0 Å². The molecule has 0 aromatic rings. The third-order valence-electron chi connectivity index (χ3n) is 2.71. The van der Waals surface area contributed by atoms with Gasteiger partial charge in [0.05, 0.1) is 5.54 Å². The van der Waals surface area contributed by atoms with Crippen molar-refractivity contribution in [3.05, 3.63) is 0 Å². The molecule has 0 aromatic heterocycles. The number of hydrogen-bond donors (Lipinski definition) is 2. The lowest BCUT2D eigenvalue weighted by Gasteiger charge is -2.03. The lowest BCUT2D eigenvalue weighted by atomic mass is 10.1. The first-order valence-corrected chi connectivity index (χ1v) is 3.73. The third-order valence-corrected chi connectivity index (χ3v) is 2.71. The molecule has 2 aliphatic carbocycles. The zero-order chi connectivity index (χ0) is 7.35. The number of rotatable bonds is 2. The van der Waals surface area contributed by atoms with Crippen LogP contribution in [-0.2, 0) is 4.79 Å². The second kappa shape index (κ2) is 1.53. The Labute approximate surface area is 59.8 Å². The summed E-state index contributed by atoms with van der Waals surface area (Å²) in [6.07, 6.45) is 3.32. The summed E-state index contributed by atoms with van der Waals surface area (Å²) in [5.74, 6) is 0.826. The first kappa shape index (κ1) is 6.16. The minimum Gasteiger partial charge on any atom is -0.368 e. The maximum atomic E-state index is 10.7. The number of amides is 1. The molecule has 0 saturated heterocycles. The van der Waals surface area contributed by atoms with Crippen molar-refractivity contribution in [1.82, 2.24) is 0 Å². The molecule has 2 atom stereocenters. The number of carbonyl (C=O) groups is 1. The molecule has 10 heavy (non-hydrogen) atoms. The molecule has 0 aliphatic heterocycles. The summed E-state index contributed by atoms with van der Waals surface area (Å²) in [4.78, 5) is 10.7. The molecule has 0 heterocycles. The molecular weight excluding hydrogens is 128 g/mol. The average molecular weight is 140 g/mol. The van der Waals surface area contributed by atoms with Crippen LogP contribution in [0.25, 0.3) is 0 Å². The van der Waals surface area contributed by atoms with E-state index < -0.39 is 5.54 Å². The summed E-state index contributed by atoms with van der Waals surface area (Å²) >= 11 is 0. The van der Waals surface area contributed by atoms with Crippen LogP contribution in [0.2, 0.25) is 0 Å². The van der Waals surface area contributed by atoms with E-state index in [0.29, 0.717) is 5.92 Å². The zero-order valence-corrected chi connectivity index (χ0v) is 5.84. The van der Waals surface area contributed by atoms with Crippen molar-refractivity contribution in [2.24, 2.45) is 23.3 Å². The standard InChI is InChI=1S/C7H12N2O/c8-6(10)7(9)3-5(7)4-1-2-4/h4-5H,1-3,9H2,(H2,8,10)/t5-,7-/m0/s1. The molecule has 0 aromatic carbocycles. The molecule has 2 rings (SSSR count). The Morgan fingerprint density at radius 1 is 1.50 bits per heavy atom. The topological polar surface area (TPSA) is 69.1 Å². The maximum Gasteiger partial charge on any atom is 0.237 e. The minimum absolute atomic E-state index is 0.315. The van der Waals surface area contributed by atoms with Gasteiger partial charge in [0.15, 0.2) is 0 Å². The van der Waals surface area contributed by atoms with Gasteiger partial charge in [0.25, 0.3) is 0 Å². The Hall–Kier alpha value is -0.570. The fraction of sp³-hybridized carbons (Fsp3) is 0.857. The Morgan fingerprint density at radius 2 is 2.10 bits per heavy atom. The molecule has 0 unspecified atom stereocenters. The van der Waals surface area contributed by atoms with Gasteiger partial charge in [-0.05, 0) is 31.1 Å². The minimum atomic E-state index is -0.610. The molecule has 0 spiro atoms. The summed E-state index contributed by atoms with van der Waals surface area (Å²) < 4.78 is 0. The second-order valence-electron chi connectivity index (χ2n) is 3.55. The van der Waals surface area contributed by atoms with E-state index in [1.165, 1.54) is 12.8 Å². The van der Waals surface area contributed by atoms with Crippen LogP contribution in [0.1, 0.15) is 19.3 Å². The van der Waals surface area contributed by atoms with E-state index in [-0.39, 0.29) is 5.91 Å². The molecule has 2 fully saturated rings. The van der Waals surface area contributed by atoms with Crippen LogP contribution in [-0.4, -0.2) is 11.4 Å². The summed E-state index contributed by atoms with van der Waals surface area (Å²) in [6, 6.07) is 0. The third kappa shape index (κ3) is 0.669. The Kier molecular flexibility index (Phi) is 0.944. The van der Waals surface area contributed by atoms with E-state index in [2.05, 4.69) is 0 Å². The van der Waals surface area contributed by atoms with E-state index in [9.17, 15) is 4.79 Å². The van der Waals surface area contributed by atoms with E-state index in [1.54, 1.807) is 0 Å². The summed E-state index contributed by atoms with van der Waals surface area (Å²) in [6.45, 7) is 0. The van der Waals surface area contributed by atoms with E-state index in [0.717, 1.165) is 12.3 Å². The molecule has 0 radical (unpaired) electrons. The normalized spacial score (nSPS) is 45.1. The highest BCUT2D eigenvalue weighted by atomic mass is 16.1. The summed E-state index contributed by atoms with van der Waals surface area (Å²) in [7, 11) is 0. The quantitative estimate of drug-likeness (QED) is 0.548. The van der Waals surface area contributed by atoms with Crippen molar-refractivity contribution in [1.29, 1.82) is 0 Å². The van der Waals surface area contributed by atoms with Crippen LogP contribution < -0.4 is 11.5 Å². The predicted molar refractivity (Wildman–Crippen MR) is 36.9 cm³/mol. The number of carbonyl (C=O) groups excluding carboxylic acids is 1. The Morgan fingerprint density at radius 3 is 2.40 bits per heavy atom. The molecule has 3 heteroatoms. The van der Waals surface area contributed by atoms with Gasteiger partial charge >= 0.3 is 0 Å². The number of nitrogens with two attached hydrogens (primary N) is 2. The summed E-state index contributed by atoms with van der Waals surface area (Å²) in [5.41, 5.74) is 10.2. The molecule has 1 amide bonds. The first-order chi connectivity index (χ1) is 4.64. The van der Waals surface area contributed by atoms with Crippen molar-refractivity contribution in [2.75, 3.05) is 0 Å². The average Bonchev–Trinajstić information content (AvgIpc) is 2.57. The van der Waals surface area contributed by atoms with Crippen LogP contribution in [0.5, 0.6) is 0 Å². The van der Waals surface area contributed by atoms with Gasteiger partial charge < -0.3 is 11.5 Å². The van der Waals surface area contributed by atoms with Crippen LogP contribution in [0.3, 0.4) is 0 Å². The van der Waals surface area contributed by atoms with Gasteiger partial charge in [-0.25, -0.2) is 0 Å². The van der Waals surface area contributed by atoms with Crippen molar-refractivity contribution in [3.8, 4) is 0 Å². The van der Waals surface area contributed by atoms with Crippen LogP contribution in [0.4, 0.5) is 0 Å². The highest BCUT2D eigenvalue weighted by Crippen LogP contribution is 2.55. The molecule has 3 nitrogen and oxygen atoms in total. The fourth-order valence-electron chi connectivity index (χ4n) is 1.67. The largest absolute Gasteiger partial charge is 0.368 e. The number of primary amides is 1. The van der Waals surface area contributed by atoms with Gasteiger partial charge in [-0.15, -0.1) is 0 Å². The SMILES string of the molecule is NC(=O)[C@]1(N)C[C@H]1C1CC1. The van der Waals surface area contributed by atoms with E-state index in [4.69, 9.17) is 11.5 Å². The lowest BCUT2D eigenvalue weighted by molar-refractivity contribution is -0.120. The predicted octanol–water partition coefficient (Wildman–Crippen LogP) is -0.401. The molecule has 4 N–H and O–H groups in total. The van der Waals surface area contributed by atoms with Crippen LogP contribution in [0, 0.1) is 11.8 Å². The van der Waals surface area contributed by atoms with Gasteiger partial charge in [-0.3, -0.25) is 4.79 Å². The number of hydrogen-bond acceptors (Lipinski definition) is 2. The molecule has 2 aliphatic rings. The molecule has 2 saturated carbocycles. The van der Waals surface area contributed by atoms with Gasteiger partial charge in [0, 0.05) is 0 Å². The lowest BCUT2D eigenvalue weighted by Crippen LogP contribution is -2.41. The smallest absolute Gasteiger partial charge is 0.237 e. The van der Waals surface area contributed by atoms with Gasteiger partial charge in [0.2, 0.25) is 5.91 Å². The molecular formula is C7H12N2O.